The lowest BCUT2D eigenvalue weighted by Gasteiger charge is -2.32. The molecule has 5 nitrogen and oxygen atoms in total. The molecule has 0 atom stereocenters. The molecule has 2 N–H and O–H groups in total. The van der Waals surface area contributed by atoms with Crippen LogP contribution in [0.3, 0.4) is 0 Å². The highest BCUT2D eigenvalue weighted by molar-refractivity contribution is 7.91. The highest BCUT2D eigenvalue weighted by atomic mass is 32.2. The highest BCUT2D eigenvalue weighted by Crippen LogP contribution is 2.29. The van der Waals surface area contributed by atoms with Gasteiger partial charge in [-0.05, 0) is 49.7 Å². The molecule has 2 rings (SSSR count). The number of rotatable bonds is 6. The Kier molecular flexibility index (Phi) is 7.29. The molecule has 0 unspecified atom stereocenters. The molecule has 1 aliphatic carbocycles. The Morgan fingerprint density at radius 2 is 1.80 bits per heavy atom. The molecule has 0 radical (unpaired) electrons. The van der Waals surface area contributed by atoms with E-state index in [-0.39, 0.29) is 5.75 Å². The molecule has 140 valence electrons. The molecule has 0 spiro atoms. The summed E-state index contributed by atoms with van der Waals surface area (Å²) in [6, 6.07) is 9.00. The zero-order valence-electron chi connectivity index (χ0n) is 15.5. The molecule has 1 saturated carbocycles. The lowest BCUT2D eigenvalue weighted by Crippen LogP contribution is -2.46. The number of hydrogen-bond acceptors (Lipinski definition) is 3. The van der Waals surface area contributed by atoms with Gasteiger partial charge in [0.25, 0.3) is 0 Å². The van der Waals surface area contributed by atoms with Crippen LogP contribution in [0.15, 0.2) is 40.2 Å². The molecule has 25 heavy (non-hydrogen) atoms. The van der Waals surface area contributed by atoms with Crippen LogP contribution >= 0.6 is 0 Å². The van der Waals surface area contributed by atoms with Crippen molar-refractivity contribution in [3.8, 4) is 0 Å². The van der Waals surface area contributed by atoms with E-state index in [1.165, 1.54) is 12.8 Å². The monoisotopic (exact) mass is 365 g/mol. The highest BCUT2D eigenvalue weighted by Gasteiger charge is 2.23. The fourth-order valence-electron chi connectivity index (χ4n) is 3.37. The van der Waals surface area contributed by atoms with E-state index >= 15 is 0 Å². The SMILES string of the molecule is CN=C(NCCS(=O)(=O)c1ccccc1)NC1CCC(C(C)C)CC1. The summed E-state index contributed by atoms with van der Waals surface area (Å²) in [5.74, 6) is 2.32. The van der Waals surface area contributed by atoms with E-state index in [2.05, 4.69) is 29.5 Å². The van der Waals surface area contributed by atoms with E-state index in [1.54, 1.807) is 31.3 Å². The topological polar surface area (TPSA) is 70.6 Å². The van der Waals surface area contributed by atoms with Crippen molar-refractivity contribution in [1.29, 1.82) is 0 Å². The van der Waals surface area contributed by atoms with Gasteiger partial charge in [-0.25, -0.2) is 8.42 Å². The maximum Gasteiger partial charge on any atom is 0.191 e. The molecular formula is C19H31N3O2S. The van der Waals surface area contributed by atoms with Crippen LogP contribution in [0.1, 0.15) is 39.5 Å². The summed E-state index contributed by atoms with van der Waals surface area (Å²) in [7, 11) is -1.54. The first kappa shape index (κ1) is 19.8. The summed E-state index contributed by atoms with van der Waals surface area (Å²) in [5, 5.41) is 6.57. The molecule has 0 heterocycles. The van der Waals surface area contributed by atoms with Gasteiger partial charge in [0.1, 0.15) is 0 Å². The molecule has 0 bridgehead atoms. The van der Waals surface area contributed by atoms with Crippen molar-refractivity contribution in [3.05, 3.63) is 30.3 Å². The van der Waals surface area contributed by atoms with E-state index in [9.17, 15) is 8.42 Å². The third kappa shape index (κ3) is 6.03. The molecule has 0 saturated heterocycles. The van der Waals surface area contributed by atoms with Crippen LogP contribution in [0.4, 0.5) is 0 Å². The van der Waals surface area contributed by atoms with Gasteiger partial charge in [-0.15, -0.1) is 0 Å². The van der Waals surface area contributed by atoms with Crippen molar-refractivity contribution in [2.24, 2.45) is 16.8 Å². The molecule has 0 aromatic heterocycles. The predicted molar refractivity (Wildman–Crippen MR) is 104 cm³/mol. The number of nitrogens with one attached hydrogen (secondary N) is 2. The van der Waals surface area contributed by atoms with Crippen molar-refractivity contribution >= 4 is 15.8 Å². The van der Waals surface area contributed by atoms with Crippen molar-refractivity contribution in [2.75, 3.05) is 19.3 Å². The molecule has 1 fully saturated rings. The first-order valence-electron chi connectivity index (χ1n) is 9.17. The van der Waals surface area contributed by atoms with Gasteiger partial charge in [0.2, 0.25) is 0 Å². The van der Waals surface area contributed by atoms with Crippen molar-refractivity contribution < 1.29 is 8.42 Å². The minimum Gasteiger partial charge on any atom is -0.355 e. The maximum atomic E-state index is 12.3. The minimum atomic E-state index is -3.26. The molecule has 0 amide bonds. The van der Waals surface area contributed by atoms with Crippen molar-refractivity contribution in [1.82, 2.24) is 10.6 Å². The predicted octanol–water partition coefficient (Wildman–Crippen LogP) is 2.84. The van der Waals surface area contributed by atoms with Gasteiger partial charge < -0.3 is 10.6 Å². The Morgan fingerprint density at radius 1 is 1.16 bits per heavy atom. The van der Waals surface area contributed by atoms with Crippen LogP contribution in [0.5, 0.6) is 0 Å². The number of sulfone groups is 1. The maximum absolute atomic E-state index is 12.3. The van der Waals surface area contributed by atoms with Gasteiger partial charge in [0.05, 0.1) is 10.6 Å². The van der Waals surface area contributed by atoms with E-state index in [0.717, 1.165) is 24.7 Å². The smallest absolute Gasteiger partial charge is 0.191 e. The first-order chi connectivity index (χ1) is 11.9. The molecule has 0 aliphatic heterocycles. The van der Waals surface area contributed by atoms with E-state index < -0.39 is 9.84 Å². The summed E-state index contributed by atoms with van der Waals surface area (Å²) >= 11 is 0. The average Bonchev–Trinajstić information content (AvgIpc) is 2.62. The van der Waals surface area contributed by atoms with Gasteiger partial charge in [-0.2, -0.15) is 0 Å². The number of hydrogen-bond donors (Lipinski definition) is 2. The zero-order chi connectivity index (χ0) is 18.3. The van der Waals surface area contributed by atoms with Crippen LogP contribution in [0.25, 0.3) is 0 Å². The lowest BCUT2D eigenvalue weighted by molar-refractivity contribution is 0.250. The van der Waals surface area contributed by atoms with Crippen molar-refractivity contribution in [3.63, 3.8) is 0 Å². The Bertz CT molecular complexity index is 649. The molecular weight excluding hydrogens is 334 g/mol. The summed E-state index contributed by atoms with van der Waals surface area (Å²) in [5.41, 5.74) is 0. The minimum absolute atomic E-state index is 0.0534. The molecule has 1 aromatic carbocycles. The average molecular weight is 366 g/mol. The summed E-state index contributed by atoms with van der Waals surface area (Å²) in [4.78, 5) is 4.60. The van der Waals surface area contributed by atoms with Gasteiger partial charge in [-0.1, -0.05) is 32.0 Å². The van der Waals surface area contributed by atoms with Crippen LogP contribution in [0, 0.1) is 11.8 Å². The Balaban J connectivity index is 1.78. The number of benzene rings is 1. The normalized spacial score (nSPS) is 22.0. The molecule has 1 aromatic rings. The van der Waals surface area contributed by atoms with Crippen LogP contribution in [-0.4, -0.2) is 39.8 Å². The van der Waals surface area contributed by atoms with Crippen LogP contribution in [0.2, 0.25) is 0 Å². The van der Waals surface area contributed by atoms with Gasteiger partial charge in [0, 0.05) is 19.6 Å². The standard InChI is InChI=1S/C19H31N3O2S/c1-15(2)16-9-11-17(12-10-16)22-19(20-3)21-13-14-25(23,24)18-7-5-4-6-8-18/h4-8,15-17H,9-14H2,1-3H3,(H2,20,21,22). The van der Waals surface area contributed by atoms with E-state index in [1.807, 2.05) is 6.07 Å². The molecule has 1 aliphatic rings. The van der Waals surface area contributed by atoms with E-state index in [0.29, 0.717) is 23.4 Å². The second-order valence-electron chi connectivity index (χ2n) is 7.13. The fourth-order valence-corrected chi connectivity index (χ4v) is 4.55. The zero-order valence-corrected chi connectivity index (χ0v) is 16.3. The lowest BCUT2D eigenvalue weighted by atomic mass is 9.80. The van der Waals surface area contributed by atoms with Crippen LogP contribution in [-0.2, 0) is 9.84 Å². The number of aliphatic imine (C=N–C) groups is 1. The summed E-state index contributed by atoms with van der Waals surface area (Å²) in [6.07, 6.45) is 4.78. The largest absolute Gasteiger partial charge is 0.355 e. The van der Waals surface area contributed by atoms with Crippen LogP contribution < -0.4 is 10.6 Å². The van der Waals surface area contributed by atoms with Gasteiger partial charge in [-0.3, -0.25) is 4.99 Å². The van der Waals surface area contributed by atoms with Crippen molar-refractivity contribution in [2.45, 2.75) is 50.5 Å². The molecule has 6 heteroatoms. The second-order valence-corrected chi connectivity index (χ2v) is 9.24. The Morgan fingerprint density at radius 3 is 2.36 bits per heavy atom. The Hall–Kier alpha value is -1.56. The first-order valence-corrected chi connectivity index (χ1v) is 10.8. The summed E-state index contributed by atoms with van der Waals surface area (Å²) in [6.45, 7) is 4.94. The van der Waals surface area contributed by atoms with E-state index in [4.69, 9.17) is 0 Å². The summed E-state index contributed by atoms with van der Waals surface area (Å²) < 4.78 is 24.6. The van der Waals surface area contributed by atoms with Gasteiger partial charge >= 0.3 is 0 Å². The third-order valence-electron chi connectivity index (χ3n) is 5.04. The number of nitrogens with zero attached hydrogens (tertiary/aromatic N) is 1. The van der Waals surface area contributed by atoms with Gasteiger partial charge in [0.15, 0.2) is 15.8 Å². The fraction of sp³-hybridized carbons (Fsp3) is 0.632. The second kappa shape index (κ2) is 9.22. The third-order valence-corrected chi connectivity index (χ3v) is 6.78. The quantitative estimate of drug-likeness (QED) is 0.601. The Labute approximate surface area is 152 Å². The number of guanidine groups is 1.